The minimum atomic E-state index is -0.637. The molecule has 2 rings (SSSR count). The monoisotopic (exact) mass is 361 g/mol. The van der Waals surface area contributed by atoms with Gasteiger partial charge in [0.15, 0.2) is 6.61 Å². The Balaban J connectivity index is 1.79. The fraction of sp³-hybridized carbons (Fsp3) is 0.444. The molecule has 1 aliphatic rings. The molecule has 2 N–H and O–H groups in total. The third kappa shape index (κ3) is 5.58. The summed E-state index contributed by atoms with van der Waals surface area (Å²) < 4.78 is 4.97. The van der Waals surface area contributed by atoms with Crippen LogP contribution in [-0.2, 0) is 20.9 Å². The first-order chi connectivity index (χ1) is 12.4. The maximum Gasteiger partial charge on any atom is 0.338 e. The normalized spacial score (nSPS) is 13.7. The highest BCUT2D eigenvalue weighted by Crippen LogP contribution is 2.11. The number of carbonyl (C=O) groups is 4. The van der Waals surface area contributed by atoms with Gasteiger partial charge in [0, 0.05) is 25.6 Å². The van der Waals surface area contributed by atoms with Gasteiger partial charge in [-0.25, -0.2) is 9.59 Å². The Morgan fingerprint density at radius 2 is 1.88 bits per heavy atom. The molecule has 1 aliphatic heterocycles. The van der Waals surface area contributed by atoms with Crippen molar-refractivity contribution in [1.82, 2.24) is 15.5 Å². The molecule has 0 unspecified atom stereocenters. The summed E-state index contributed by atoms with van der Waals surface area (Å²) in [5.74, 6) is -1.37. The number of hydrogen-bond donors (Lipinski definition) is 2. The minimum absolute atomic E-state index is 0.0470. The van der Waals surface area contributed by atoms with E-state index in [2.05, 4.69) is 10.6 Å². The smallest absolute Gasteiger partial charge is 0.338 e. The zero-order valence-corrected chi connectivity index (χ0v) is 14.9. The van der Waals surface area contributed by atoms with Crippen LogP contribution in [0.3, 0.4) is 0 Å². The standard InChI is InChI=1S/C18H23N3O5/c1-12(2)20-18(25)19-10-13-5-7-14(8-6-13)17(24)26-11-16(23)21-9-3-4-15(21)22/h5-8,12H,3-4,9-11H2,1-2H3,(H2,19,20,25). The number of nitrogens with one attached hydrogen (secondary N) is 2. The molecular weight excluding hydrogens is 338 g/mol. The zero-order valence-electron chi connectivity index (χ0n) is 14.9. The van der Waals surface area contributed by atoms with Crippen molar-refractivity contribution < 1.29 is 23.9 Å². The molecule has 1 aromatic rings. The van der Waals surface area contributed by atoms with Crippen molar-refractivity contribution in [3.8, 4) is 0 Å². The molecule has 1 aromatic carbocycles. The van der Waals surface area contributed by atoms with E-state index in [-0.39, 0.29) is 18.0 Å². The van der Waals surface area contributed by atoms with Crippen molar-refractivity contribution in [3.63, 3.8) is 0 Å². The van der Waals surface area contributed by atoms with E-state index in [0.29, 0.717) is 31.5 Å². The fourth-order valence-corrected chi connectivity index (χ4v) is 2.45. The number of esters is 1. The maximum absolute atomic E-state index is 12.0. The van der Waals surface area contributed by atoms with Crippen molar-refractivity contribution in [2.24, 2.45) is 0 Å². The van der Waals surface area contributed by atoms with Gasteiger partial charge >= 0.3 is 12.0 Å². The quantitative estimate of drug-likeness (QED) is 0.741. The van der Waals surface area contributed by atoms with Crippen LogP contribution in [0.2, 0.25) is 0 Å². The summed E-state index contributed by atoms with van der Waals surface area (Å²) in [7, 11) is 0. The Kier molecular flexibility index (Phi) is 6.71. The first-order valence-corrected chi connectivity index (χ1v) is 8.50. The highest BCUT2D eigenvalue weighted by molar-refractivity contribution is 5.98. The van der Waals surface area contributed by atoms with Gasteiger partial charge < -0.3 is 15.4 Å². The summed E-state index contributed by atoms with van der Waals surface area (Å²) in [6, 6.07) is 6.29. The van der Waals surface area contributed by atoms with Gasteiger partial charge in [-0.15, -0.1) is 0 Å². The number of imide groups is 1. The van der Waals surface area contributed by atoms with Crippen molar-refractivity contribution >= 4 is 23.8 Å². The largest absolute Gasteiger partial charge is 0.452 e. The molecule has 0 atom stereocenters. The van der Waals surface area contributed by atoms with E-state index in [0.717, 1.165) is 10.5 Å². The average Bonchev–Trinajstić information content (AvgIpc) is 3.03. The summed E-state index contributed by atoms with van der Waals surface area (Å²) in [5, 5.41) is 5.42. The summed E-state index contributed by atoms with van der Waals surface area (Å²) in [6.45, 7) is 3.97. The van der Waals surface area contributed by atoms with E-state index in [9.17, 15) is 19.2 Å². The Bertz CT molecular complexity index is 685. The van der Waals surface area contributed by atoms with Crippen LogP contribution in [0.25, 0.3) is 0 Å². The van der Waals surface area contributed by atoms with Crippen molar-refractivity contribution in [2.75, 3.05) is 13.2 Å². The molecule has 1 heterocycles. The first kappa shape index (κ1) is 19.4. The van der Waals surface area contributed by atoms with Crippen LogP contribution in [0.1, 0.15) is 42.6 Å². The van der Waals surface area contributed by atoms with Crippen molar-refractivity contribution in [2.45, 2.75) is 39.3 Å². The van der Waals surface area contributed by atoms with Gasteiger partial charge in [-0.1, -0.05) is 12.1 Å². The molecule has 0 saturated carbocycles. The topological polar surface area (TPSA) is 105 Å². The number of hydrogen-bond acceptors (Lipinski definition) is 5. The van der Waals surface area contributed by atoms with E-state index >= 15 is 0 Å². The Labute approximate surface area is 151 Å². The number of likely N-dealkylation sites (tertiary alicyclic amines) is 1. The van der Waals surface area contributed by atoms with Gasteiger partial charge in [0.25, 0.3) is 5.91 Å². The molecule has 0 aromatic heterocycles. The zero-order chi connectivity index (χ0) is 19.1. The highest BCUT2D eigenvalue weighted by atomic mass is 16.5. The molecule has 0 spiro atoms. The van der Waals surface area contributed by atoms with Gasteiger partial charge in [-0.3, -0.25) is 14.5 Å². The lowest BCUT2D eigenvalue weighted by molar-refractivity contribution is -0.143. The van der Waals surface area contributed by atoms with E-state index in [1.165, 1.54) is 0 Å². The predicted octanol–water partition coefficient (Wildman–Crippen LogP) is 1.20. The van der Waals surface area contributed by atoms with Crippen LogP contribution in [0.4, 0.5) is 4.79 Å². The Morgan fingerprint density at radius 1 is 1.19 bits per heavy atom. The fourth-order valence-electron chi connectivity index (χ4n) is 2.45. The molecule has 140 valence electrons. The molecule has 4 amide bonds. The molecule has 0 bridgehead atoms. The molecule has 1 fully saturated rings. The summed E-state index contributed by atoms with van der Waals surface area (Å²) >= 11 is 0. The SMILES string of the molecule is CC(C)NC(=O)NCc1ccc(C(=O)OCC(=O)N2CCCC2=O)cc1. The van der Waals surface area contributed by atoms with Crippen LogP contribution in [0.5, 0.6) is 0 Å². The van der Waals surface area contributed by atoms with Crippen LogP contribution in [-0.4, -0.2) is 47.9 Å². The summed E-state index contributed by atoms with van der Waals surface area (Å²) in [4.78, 5) is 47.9. The predicted molar refractivity (Wildman–Crippen MR) is 93.2 cm³/mol. The van der Waals surface area contributed by atoms with Gasteiger partial charge in [0.2, 0.25) is 5.91 Å². The molecule has 0 radical (unpaired) electrons. The Hall–Kier alpha value is -2.90. The number of amides is 4. The number of nitrogens with zero attached hydrogens (tertiary/aromatic N) is 1. The summed E-state index contributed by atoms with van der Waals surface area (Å²) in [5.41, 5.74) is 1.11. The van der Waals surface area contributed by atoms with Gasteiger partial charge in [-0.2, -0.15) is 0 Å². The molecular formula is C18H23N3O5. The number of carbonyl (C=O) groups excluding carboxylic acids is 4. The third-order valence-corrected chi connectivity index (χ3v) is 3.76. The molecule has 8 heteroatoms. The van der Waals surface area contributed by atoms with Crippen LogP contribution in [0, 0.1) is 0 Å². The van der Waals surface area contributed by atoms with Gasteiger partial charge in [-0.05, 0) is 38.0 Å². The second-order valence-electron chi connectivity index (χ2n) is 6.30. The van der Waals surface area contributed by atoms with E-state index in [1.807, 2.05) is 13.8 Å². The molecule has 26 heavy (non-hydrogen) atoms. The minimum Gasteiger partial charge on any atom is -0.452 e. The first-order valence-electron chi connectivity index (χ1n) is 8.50. The van der Waals surface area contributed by atoms with E-state index in [1.54, 1.807) is 24.3 Å². The number of ether oxygens (including phenoxy) is 1. The highest BCUT2D eigenvalue weighted by Gasteiger charge is 2.27. The third-order valence-electron chi connectivity index (χ3n) is 3.76. The number of rotatable bonds is 6. The number of urea groups is 1. The lowest BCUT2D eigenvalue weighted by Crippen LogP contribution is -2.39. The van der Waals surface area contributed by atoms with Gasteiger partial charge in [0.05, 0.1) is 5.56 Å². The molecule has 0 aliphatic carbocycles. The van der Waals surface area contributed by atoms with E-state index < -0.39 is 18.5 Å². The second kappa shape index (κ2) is 8.98. The van der Waals surface area contributed by atoms with Crippen molar-refractivity contribution in [1.29, 1.82) is 0 Å². The Morgan fingerprint density at radius 3 is 2.46 bits per heavy atom. The van der Waals surface area contributed by atoms with Crippen LogP contribution in [0.15, 0.2) is 24.3 Å². The van der Waals surface area contributed by atoms with Crippen LogP contribution < -0.4 is 10.6 Å². The lowest BCUT2D eigenvalue weighted by Gasteiger charge is -2.13. The maximum atomic E-state index is 12.0. The van der Waals surface area contributed by atoms with Crippen LogP contribution >= 0.6 is 0 Å². The number of benzene rings is 1. The second-order valence-corrected chi connectivity index (χ2v) is 6.30. The summed E-state index contributed by atoms with van der Waals surface area (Å²) in [6.07, 6.45) is 0.994. The van der Waals surface area contributed by atoms with E-state index in [4.69, 9.17) is 4.74 Å². The van der Waals surface area contributed by atoms with Crippen molar-refractivity contribution in [3.05, 3.63) is 35.4 Å². The average molecular weight is 361 g/mol. The lowest BCUT2D eigenvalue weighted by atomic mass is 10.1. The molecule has 8 nitrogen and oxygen atoms in total. The van der Waals surface area contributed by atoms with Gasteiger partial charge in [0.1, 0.15) is 0 Å². The molecule has 1 saturated heterocycles.